The summed E-state index contributed by atoms with van der Waals surface area (Å²) in [6.07, 6.45) is 0. The van der Waals surface area contributed by atoms with Gasteiger partial charge in [0.2, 0.25) is 0 Å². The van der Waals surface area contributed by atoms with Crippen LogP contribution in [0.5, 0.6) is 0 Å². The van der Waals surface area contributed by atoms with E-state index in [-0.39, 0.29) is 0 Å². The first-order valence-electron chi connectivity index (χ1n) is 6.93. The van der Waals surface area contributed by atoms with Crippen molar-refractivity contribution < 1.29 is 0 Å². The second-order valence-corrected chi connectivity index (χ2v) is 8.04. The zero-order valence-corrected chi connectivity index (χ0v) is 15.6. The molecule has 0 bridgehead atoms. The molecule has 0 unspecified atom stereocenters. The summed E-state index contributed by atoms with van der Waals surface area (Å²) in [5, 5.41) is 3.43. The van der Waals surface area contributed by atoms with Gasteiger partial charge in [-0.1, -0.05) is 31.5 Å². The van der Waals surface area contributed by atoms with E-state index in [0.29, 0.717) is 6.04 Å². The van der Waals surface area contributed by atoms with Crippen LogP contribution in [0.25, 0.3) is 0 Å². The van der Waals surface area contributed by atoms with Crippen LogP contribution < -0.4 is 10.2 Å². The maximum absolute atomic E-state index is 5.99. The molecule has 5 heteroatoms. The molecule has 0 amide bonds. The lowest BCUT2D eigenvalue weighted by Gasteiger charge is -2.21. The molecule has 1 aromatic heterocycles. The van der Waals surface area contributed by atoms with Gasteiger partial charge in [0.15, 0.2) is 0 Å². The lowest BCUT2D eigenvalue weighted by atomic mass is 10.2. The average molecular weight is 388 g/mol. The number of nitrogens with zero attached hydrogens (tertiary/aromatic N) is 1. The number of thiophene rings is 1. The van der Waals surface area contributed by atoms with Gasteiger partial charge in [0.05, 0.1) is 16.6 Å². The molecule has 2 aromatic rings. The highest BCUT2D eigenvalue weighted by Gasteiger charge is 2.09. The SMILES string of the molecule is CC(C)NCc1ccc(N(C)Cc2ccc(Cl)s2)c(Br)c1. The number of anilines is 1. The third-order valence-corrected chi connectivity index (χ3v) is 5.01. The van der Waals surface area contributed by atoms with Crippen LogP contribution in [-0.4, -0.2) is 13.1 Å². The quantitative estimate of drug-likeness (QED) is 0.723. The summed E-state index contributed by atoms with van der Waals surface area (Å²) in [7, 11) is 2.10. The molecule has 1 heterocycles. The average Bonchev–Trinajstić information content (AvgIpc) is 2.81. The molecule has 0 fully saturated rings. The van der Waals surface area contributed by atoms with Crippen molar-refractivity contribution in [3.63, 3.8) is 0 Å². The molecule has 0 spiro atoms. The van der Waals surface area contributed by atoms with Gasteiger partial charge in [0, 0.05) is 29.0 Å². The molecule has 0 atom stereocenters. The lowest BCUT2D eigenvalue weighted by Crippen LogP contribution is -2.22. The Morgan fingerprint density at radius 2 is 2.05 bits per heavy atom. The Balaban J connectivity index is 2.05. The number of hydrogen-bond acceptors (Lipinski definition) is 3. The summed E-state index contributed by atoms with van der Waals surface area (Å²) in [6, 6.07) is 11.0. The fourth-order valence-electron chi connectivity index (χ4n) is 2.05. The van der Waals surface area contributed by atoms with Gasteiger partial charge in [-0.05, 0) is 45.8 Å². The Labute approximate surface area is 144 Å². The highest BCUT2D eigenvalue weighted by atomic mass is 79.9. The van der Waals surface area contributed by atoms with Gasteiger partial charge in [-0.2, -0.15) is 0 Å². The zero-order chi connectivity index (χ0) is 15.4. The summed E-state index contributed by atoms with van der Waals surface area (Å²) >= 11 is 11.3. The molecule has 0 saturated carbocycles. The molecule has 114 valence electrons. The summed E-state index contributed by atoms with van der Waals surface area (Å²) in [4.78, 5) is 3.49. The molecule has 0 aliphatic rings. The van der Waals surface area contributed by atoms with Crippen LogP contribution in [0.15, 0.2) is 34.8 Å². The number of benzene rings is 1. The Bertz CT molecular complexity index is 598. The maximum Gasteiger partial charge on any atom is 0.0931 e. The van der Waals surface area contributed by atoms with Gasteiger partial charge >= 0.3 is 0 Å². The molecule has 1 aromatic carbocycles. The van der Waals surface area contributed by atoms with E-state index < -0.39 is 0 Å². The van der Waals surface area contributed by atoms with E-state index in [9.17, 15) is 0 Å². The molecule has 2 rings (SSSR count). The second kappa shape index (κ2) is 7.63. The molecule has 21 heavy (non-hydrogen) atoms. The van der Waals surface area contributed by atoms with Crippen molar-refractivity contribution in [1.29, 1.82) is 0 Å². The Kier molecular flexibility index (Phi) is 6.11. The summed E-state index contributed by atoms with van der Waals surface area (Å²) < 4.78 is 1.96. The normalized spacial score (nSPS) is 11.1. The van der Waals surface area contributed by atoms with Crippen molar-refractivity contribution in [2.75, 3.05) is 11.9 Å². The van der Waals surface area contributed by atoms with Crippen molar-refractivity contribution in [2.45, 2.75) is 33.0 Å². The van der Waals surface area contributed by atoms with E-state index >= 15 is 0 Å². The van der Waals surface area contributed by atoms with Crippen molar-refractivity contribution >= 4 is 44.6 Å². The van der Waals surface area contributed by atoms with Crippen LogP contribution in [-0.2, 0) is 13.1 Å². The standard InChI is InChI=1S/C16H20BrClN2S/c1-11(2)19-9-12-4-6-15(14(17)8-12)20(3)10-13-5-7-16(18)21-13/h4-8,11,19H,9-10H2,1-3H3. The minimum Gasteiger partial charge on any atom is -0.369 e. The van der Waals surface area contributed by atoms with Crippen LogP contribution in [0, 0.1) is 0 Å². The van der Waals surface area contributed by atoms with Gasteiger partial charge in [-0.15, -0.1) is 11.3 Å². The van der Waals surface area contributed by atoms with E-state index in [1.165, 1.54) is 16.1 Å². The van der Waals surface area contributed by atoms with Gasteiger partial charge in [0.1, 0.15) is 0 Å². The topological polar surface area (TPSA) is 15.3 Å². The minimum atomic E-state index is 0.495. The van der Waals surface area contributed by atoms with Crippen LogP contribution in [0.1, 0.15) is 24.3 Å². The van der Waals surface area contributed by atoms with E-state index in [1.807, 2.05) is 6.07 Å². The number of halogens is 2. The predicted octanol–water partition coefficient (Wildman–Crippen LogP) is 5.30. The molecule has 1 N–H and O–H groups in total. The van der Waals surface area contributed by atoms with Crippen LogP contribution in [0.3, 0.4) is 0 Å². The smallest absolute Gasteiger partial charge is 0.0931 e. The highest BCUT2D eigenvalue weighted by Crippen LogP contribution is 2.29. The van der Waals surface area contributed by atoms with E-state index in [2.05, 4.69) is 71.3 Å². The lowest BCUT2D eigenvalue weighted by molar-refractivity contribution is 0.589. The zero-order valence-electron chi connectivity index (χ0n) is 12.5. The summed E-state index contributed by atoms with van der Waals surface area (Å²) in [5.41, 5.74) is 2.47. The maximum atomic E-state index is 5.99. The van der Waals surface area contributed by atoms with Gasteiger partial charge < -0.3 is 10.2 Å². The van der Waals surface area contributed by atoms with Crippen LogP contribution >= 0.6 is 38.9 Å². The number of rotatable bonds is 6. The third kappa shape index (κ3) is 4.99. The monoisotopic (exact) mass is 386 g/mol. The predicted molar refractivity (Wildman–Crippen MR) is 97.6 cm³/mol. The fraction of sp³-hybridized carbons (Fsp3) is 0.375. The molecule has 0 radical (unpaired) electrons. The minimum absolute atomic E-state index is 0.495. The first kappa shape index (κ1) is 16.8. The molecular weight excluding hydrogens is 368 g/mol. The first-order chi connectivity index (χ1) is 9.95. The van der Waals surface area contributed by atoms with E-state index in [0.717, 1.165) is 21.9 Å². The Morgan fingerprint density at radius 1 is 1.29 bits per heavy atom. The van der Waals surface area contributed by atoms with Crippen LogP contribution in [0.2, 0.25) is 4.34 Å². The van der Waals surface area contributed by atoms with Crippen molar-refractivity contribution in [2.24, 2.45) is 0 Å². The molecule has 0 aliphatic heterocycles. The molecule has 0 saturated heterocycles. The Hall–Kier alpha value is -0.550. The highest BCUT2D eigenvalue weighted by molar-refractivity contribution is 9.10. The van der Waals surface area contributed by atoms with Crippen molar-refractivity contribution in [3.05, 3.63) is 49.6 Å². The number of hydrogen-bond donors (Lipinski definition) is 1. The molecule has 0 aliphatic carbocycles. The Morgan fingerprint density at radius 3 is 2.62 bits per heavy atom. The molecular formula is C16H20BrClN2S. The van der Waals surface area contributed by atoms with Gasteiger partial charge in [-0.3, -0.25) is 0 Å². The van der Waals surface area contributed by atoms with E-state index in [4.69, 9.17) is 11.6 Å². The van der Waals surface area contributed by atoms with Gasteiger partial charge in [0.25, 0.3) is 0 Å². The second-order valence-electron chi connectivity index (χ2n) is 5.38. The third-order valence-electron chi connectivity index (χ3n) is 3.16. The van der Waals surface area contributed by atoms with E-state index in [1.54, 1.807) is 11.3 Å². The van der Waals surface area contributed by atoms with Gasteiger partial charge in [-0.25, -0.2) is 0 Å². The summed E-state index contributed by atoms with van der Waals surface area (Å²) in [6.45, 7) is 6.06. The molecule has 2 nitrogen and oxygen atoms in total. The van der Waals surface area contributed by atoms with Crippen molar-refractivity contribution in [1.82, 2.24) is 5.32 Å². The fourth-order valence-corrected chi connectivity index (χ4v) is 3.92. The van der Waals surface area contributed by atoms with Crippen LogP contribution in [0.4, 0.5) is 5.69 Å². The first-order valence-corrected chi connectivity index (χ1v) is 8.91. The largest absolute Gasteiger partial charge is 0.369 e. The van der Waals surface area contributed by atoms with Crippen molar-refractivity contribution in [3.8, 4) is 0 Å². The number of nitrogens with one attached hydrogen (secondary N) is 1. The summed E-state index contributed by atoms with van der Waals surface area (Å²) in [5.74, 6) is 0.